The average Bonchev–Trinajstić information content (AvgIpc) is 2.37. The van der Waals surface area contributed by atoms with Gasteiger partial charge in [0.15, 0.2) is 0 Å². The fraction of sp³-hybridized carbons (Fsp3) is 0.929. The monoisotopic (exact) mass is 256 g/mol. The standard InChI is InChI=1S/C14H28N2O2/c1-5-7-13-10-12(8-9-18-13)15-11(3)14(17)16(4)6-2/h11-13,15H,5-10H2,1-4H3. The first kappa shape index (κ1) is 15.4. The second-order valence-corrected chi connectivity index (χ2v) is 5.24. The van der Waals surface area contributed by atoms with E-state index in [1.807, 2.05) is 20.9 Å². The van der Waals surface area contributed by atoms with Crippen LogP contribution in [0.1, 0.15) is 46.5 Å². The number of carbonyl (C=O) groups excluding carboxylic acids is 1. The zero-order valence-electron chi connectivity index (χ0n) is 12.2. The fourth-order valence-electron chi connectivity index (χ4n) is 2.47. The van der Waals surface area contributed by atoms with Gasteiger partial charge in [0.25, 0.3) is 0 Å². The van der Waals surface area contributed by atoms with Gasteiger partial charge in [-0.05, 0) is 33.1 Å². The van der Waals surface area contributed by atoms with Gasteiger partial charge in [-0.2, -0.15) is 0 Å². The molecule has 0 aromatic rings. The van der Waals surface area contributed by atoms with Crippen molar-refractivity contribution in [3.05, 3.63) is 0 Å². The molecule has 1 N–H and O–H groups in total. The molecule has 18 heavy (non-hydrogen) atoms. The van der Waals surface area contributed by atoms with E-state index >= 15 is 0 Å². The van der Waals surface area contributed by atoms with Crippen molar-refractivity contribution in [1.29, 1.82) is 0 Å². The molecule has 0 aliphatic carbocycles. The predicted octanol–water partition coefficient (Wildman–Crippen LogP) is 1.79. The molecule has 1 rings (SSSR count). The molecule has 0 saturated carbocycles. The lowest BCUT2D eigenvalue weighted by atomic mass is 9.99. The quantitative estimate of drug-likeness (QED) is 0.788. The van der Waals surface area contributed by atoms with E-state index in [0.29, 0.717) is 12.1 Å². The molecule has 3 unspecified atom stereocenters. The molecule has 1 aliphatic rings. The number of ether oxygens (including phenoxy) is 1. The summed E-state index contributed by atoms with van der Waals surface area (Å²) in [7, 11) is 1.85. The van der Waals surface area contributed by atoms with Crippen LogP contribution in [0.4, 0.5) is 0 Å². The first-order valence-corrected chi connectivity index (χ1v) is 7.21. The lowest BCUT2D eigenvalue weighted by Gasteiger charge is -2.32. The zero-order valence-corrected chi connectivity index (χ0v) is 12.2. The van der Waals surface area contributed by atoms with Gasteiger partial charge in [-0.1, -0.05) is 13.3 Å². The Kier molecular flexibility index (Phi) is 6.65. The van der Waals surface area contributed by atoms with E-state index < -0.39 is 0 Å². The lowest BCUT2D eigenvalue weighted by Crippen LogP contribution is -2.49. The van der Waals surface area contributed by atoms with Crippen molar-refractivity contribution in [2.24, 2.45) is 0 Å². The van der Waals surface area contributed by atoms with Crippen LogP contribution >= 0.6 is 0 Å². The highest BCUT2D eigenvalue weighted by molar-refractivity contribution is 5.81. The maximum Gasteiger partial charge on any atom is 0.239 e. The van der Waals surface area contributed by atoms with Gasteiger partial charge in [-0.15, -0.1) is 0 Å². The molecule has 1 fully saturated rings. The van der Waals surface area contributed by atoms with Crippen molar-refractivity contribution in [3.63, 3.8) is 0 Å². The van der Waals surface area contributed by atoms with Crippen LogP contribution in [0.3, 0.4) is 0 Å². The largest absolute Gasteiger partial charge is 0.378 e. The number of amides is 1. The normalized spacial score (nSPS) is 25.8. The number of nitrogens with zero attached hydrogens (tertiary/aromatic N) is 1. The molecule has 0 aromatic heterocycles. The minimum absolute atomic E-state index is 0.0969. The molecule has 4 heteroatoms. The Bertz CT molecular complexity index is 256. The highest BCUT2D eigenvalue weighted by Gasteiger charge is 2.25. The second kappa shape index (κ2) is 7.74. The Morgan fingerprint density at radius 1 is 1.50 bits per heavy atom. The van der Waals surface area contributed by atoms with Gasteiger partial charge in [-0.3, -0.25) is 4.79 Å². The van der Waals surface area contributed by atoms with E-state index in [1.54, 1.807) is 4.90 Å². The summed E-state index contributed by atoms with van der Waals surface area (Å²) >= 11 is 0. The number of rotatable bonds is 6. The Labute approximate surface area is 111 Å². The van der Waals surface area contributed by atoms with Crippen molar-refractivity contribution in [1.82, 2.24) is 10.2 Å². The van der Waals surface area contributed by atoms with Crippen LogP contribution < -0.4 is 5.32 Å². The van der Waals surface area contributed by atoms with E-state index in [2.05, 4.69) is 12.2 Å². The van der Waals surface area contributed by atoms with Gasteiger partial charge in [0, 0.05) is 26.2 Å². The van der Waals surface area contributed by atoms with Crippen molar-refractivity contribution < 1.29 is 9.53 Å². The molecule has 0 aromatic carbocycles. The third-order valence-electron chi connectivity index (χ3n) is 3.68. The maximum absolute atomic E-state index is 12.0. The predicted molar refractivity (Wildman–Crippen MR) is 73.6 cm³/mol. The Morgan fingerprint density at radius 2 is 2.22 bits per heavy atom. The van der Waals surface area contributed by atoms with Gasteiger partial charge in [0.1, 0.15) is 0 Å². The van der Waals surface area contributed by atoms with Crippen molar-refractivity contribution in [3.8, 4) is 0 Å². The van der Waals surface area contributed by atoms with E-state index in [9.17, 15) is 4.79 Å². The molecular weight excluding hydrogens is 228 g/mol. The van der Waals surface area contributed by atoms with Crippen LogP contribution in [-0.2, 0) is 9.53 Å². The first-order valence-electron chi connectivity index (χ1n) is 7.21. The van der Waals surface area contributed by atoms with Crippen LogP contribution in [0.5, 0.6) is 0 Å². The van der Waals surface area contributed by atoms with Crippen LogP contribution in [0.25, 0.3) is 0 Å². The molecule has 106 valence electrons. The fourth-order valence-corrected chi connectivity index (χ4v) is 2.47. The topological polar surface area (TPSA) is 41.6 Å². The number of hydrogen-bond acceptors (Lipinski definition) is 3. The van der Waals surface area contributed by atoms with Crippen molar-refractivity contribution >= 4 is 5.91 Å². The summed E-state index contributed by atoms with van der Waals surface area (Å²) in [5.41, 5.74) is 0. The second-order valence-electron chi connectivity index (χ2n) is 5.24. The number of carbonyl (C=O) groups is 1. The molecule has 1 saturated heterocycles. The van der Waals surface area contributed by atoms with Crippen molar-refractivity contribution in [2.45, 2.75) is 64.6 Å². The van der Waals surface area contributed by atoms with Gasteiger partial charge in [-0.25, -0.2) is 0 Å². The molecule has 4 nitrogen and oxygen atoms in total. The highest BCUT2D eigenvalue weighted by atomic mass is 16.5. The minimum Gasteiger partial charge on any atom is -0.378 e. The first-order chi connectivity index (χ1) is 8.58. The van der Waals surface area contributed by atoms with Crippen LogP contribution in [0, 0.1) is 0 Å². The lowest BCUT2D eigenvalue weighted by molar-refractivity contribution is -0.132. The third-order valence-corrected chi connectivity index (χ3v) is 3.68. The third kappa shape index (κ3) is 4.58. The zero-order chi connectivity index (χ0) is 13.5. The smallest absolute Gasteiger partial charge is 0.239 e. The maximum atomic E-state index is 12.0. The molecule has 1 amide bonds. The summed E-state index contributed by atoms with van der Waals surface area (Å²) in [4.78, 5) is 13.8. The molecular formula is C14H28N2O2. The van der Waals surface area contributed by atoms with E-state index in [4.69, 9.17) is 4.74 Å². The van der Waals surface area contributed by atoms with Gasteiger partial charge >= 0.3 is 0 Å². The number of hydrogen-bond donors (Lipinski definition) is 1. The highest BCUT2D eigenvalue weighted by Crippen LogP contribution is 2.18. The summed E-state index contributed by atoms with van der Waals surface area (Å²) in [6, 6.07) is 0.319. The minimum atomic E-state index is -0.0969. The number of likely N-dealkylation sites (N-methyl/N-ethyl adjacent to an activating group) is 1. The molecule has 1 heterocycles. The number of nitrogens with one attached hydrogen (secondary N) is 1. The van der Waals surface area contributed by atoms with E-state index in [1.165, 1.54) is 0 Å². The Morgan fingerprint density at radius 3 is 2.83 bits per heavy atom. The molecule has 3 atom stereocenters. The Hall–Kier alpha value is -0.610. The van der Waals surface area contributed by atoms with E-state index in [-0.39, 0.29) is 11.9 Å². The summed E-state index contributed by atoms with van der Waals surface area (Å²) < 4.78 is 5.72. The summed E-state index contributed by atoms with van der Waals surface area (Å²) in [6.45, 7) is 7.71. The van der Waals surface area contributed by atoms with Gasteiger partial charge < -0.3 is 15.0 Å². The SMILES string of the molecule is CCCC1CC(NC(C)C(=O)N(C)CC)CCO1. The van der Waals surface area contributed by atoms with Crippen LogP contribution in [0.2, 0.25) is 0 Å². The summed E-state index contributed by atoms with van der Waals surface area (Å²) in [6.07, 6.45) is 4.68. The van der Waals surface area contributed by atoms with Crippen LogP contribution in [-0.4, -0.2) is 49.2 Å². The summed E-state index contributed by atoms with van der Waals surface area (Å²) in [5.74, 6) is 0.177. The molecule has 0 bridgehead atoms. The molecule has 1 aliphatic heterocycles. The molecule has 0 radical (unpaired) electrons. The molecule has 0 spiro atoms. The van der Waals surface area contributed by atoms with Gasteiger partial charge in [0.2, 0.25) is 5.91 Å². The average molecular weight is 256 g/mol. The van der Waals surface area contributed by atoms with Crippen molar-refractivity contribution in [2.75, 3.05) is 20.2 Å². The van der Waals surface area contributed by atoms with E-state index in [0.717, 1.165) is 38.8 Å². The van der Waals surface area contributed by atoms with Crippen LogP contribution in [0.15, 0.2) is 0 Å². The van der Waals surface area contributed by atoms with Gasteiger partial charge in [0.05, 0.1) is 12.1 Å². The summed E-state index contributed by atoms with van der Waals surface area (Å²) in [5, 5.41) is 3.45. The Balaban J connectivity index is 2.39.